The molecule has 1 heterocycles. The van der Waals surface area contributed by atoms with Gasteiger partial charge in [-0.1, -0.05) is 17.7 Å². The number of aryl methyl sites for hydroxylation is 2. The van der Waals surface area contributed by atoms with Crippen molar-refractivity contribution in [2.24, 2.45) is 12.9 Å². The molecule has 0 bridgehead atoms. The van der Waals surface area contributed by atoms with Gasteiger partial charge in [0.05, 0.1) is 25.0 Å². The van der Waals surface area contributed by atoms with Gasteiger partial charge in [0.15, 0.2) is 5.75 Å². The van der Waals surface area contributed by atoms with Gasteiger partial charge < -0.3 is 4.74 Å². The summed E-state index contributed by atoms with van der Waals surface area (Å²) in [6.45, 7) is 2.08. The molecule has 108 valence electrons. The number of aromatic nitrogens is 2. The molecule has 0 saturated carbocycles. The monoisotopic (exact) mass is 292 g/mol. The second-order valence-corrected chi connectivity index (χ2v) is 5.66. The molecule has 0 saturated heterocycles. The number of hydrogen-bond donors (Lipinski definition) is 2. The van der Waals surface area contributed by atoms with Crippen molar-refractivity contribution in [1.29, 1.82) is 0 Å². The summed E-state index contributed by atoms with van der Waals surface area (Å²) in [5.74, 6) is 7.24. The maximum absolute atomic E-state index is 5.68. The second-order valence-electron chi connectivity index (χ2n) is 4.57. The lowest BCUT2D eigenvalue weighted by Gasteiger charge is -2.17. The smallest absolute Gasteiger partial charge is 0.161 e. The van der Waals surface area contributed by atoms with Gasteiger partial charge >= 0.3 is 0 Å². The topological polar surface area (TPSA) is 65.1 Å². The predicted octanol–water partition coefficient (Wildman–Crippen LogP) is 2.03. The molecule has 20 heavy (non-hydrogen) atoms. The number of nitrogens with zero attached hydrogens (tertiary/aromatic N) is 2. The summed E-state index contributed by atoms with van der Waals surface area (Å²) < 4.78 is 7.12. The van der Waals surface area contributed by atoms with E-state index in [-0.39, 0.29) is 6.04 Å². The fourth-order valence-corrected chi connectivity index (χ4v) is 2.94. The lowest BCUT2D eigenvalue weighted by atomic mass is 10.2. The highest BCUT2D eigenvalue weighted by Crippen LogP contribution is 2.29. The number of thioether (sulfide) groups is 1. The van der Waals surface area contributed by atoms with Crippen LogP contribution in [0.4, 0.5) is 0 Å². The van der Waals surface area contributed by atoms with Crippen LogP contribution < -0.4 is 16.0 Å². The Balaban J connectivity index is 2.09. The zero-order valence-electron chi connectivity index (χ0n) is 12.0. The van der Waals surface area contributed by atoms with Gasteiger partial charge in [-0.2, -0.15) is 5.10 Å². The summed E-state index contributed by atoms with van der Waals surface area (Å²) in [6, 6.07) is 8.43. The normalized spacial score (nSPS) is 12.4. The van der Waals surface area contributed by atoms with E-state index in [9.17, 15) is 0 Å². The summed E-state index contributed by atoms with van der Waals surface area (Å²) in [5.41, 5.74) is 5.05. The van der Waals surface area contributed by atoms with Crippen LogP contribution in [-0.2, 0) is 7.05 Å². The van der Waals surface area contributed by atoms with Crippen molar-refractivity contribution in [1.82, 2.24) is 15.2 Å². The average molecular weight is 292 g/mol. The number of methoxy groups -OCH3 is 1. The Kier molecular flexibility index (Phi) is 5.05. The maximum atomic E-state index is 5.68. The molecule has 5 nitrogen and oxygen atoms in total. The van der Waals surface area contributed by atoms with E-state index in [1.54, 1.807) is 29.8 Å². The van der Waals surface area contributed by atoms with Gasteiger partial charge in [-0.25, -0.2) is 0 Å². The van der Waals surface area contributed by atoms with Crippen molar-refractivity contribution >= 4 is 11.8 Å². The minimum absolute atomic E-state index is 0.0243. The second kappa shape index (κ2) is 6.78. The molecular weight excluding hydrogens is 272 g/mol. The minimum atomic E-state index is -0.0243. The molecule has 0 fully saturated rings. The molecule has 1 unspecified atom stereocenters. The number of hydrogen-bond acceptors (Lipinski definition) is 5. The van der Waals surface area contributed by atoms with Crippen molar-refractivity contribution in [3.05, 3.63) is 41.7 Å². The van der Waals surface area contributed by atoms with E-state index in [0.717, 1.165) is 17.2 Å². The summed E-state index contributed by atoms with van der Waals surface area (Å²) in [6.07, 6.45) is 1.70. The number of benzene rings is 1. The summed E-state index contributed by atoms with van der Waals surface area (Å²) >= 11 is 1.75. The van der Waals surface area contributed by atoms with Gasteiger partial charge in [0, 0.05) is 17.7 Å². The first kappa shape index (κ1) is 14.9. The molecule has 0 aliphatic heterocycles. The third-order valence-corrected chi connectivity index (χ3v) is 4.24. The number of nitrogens with two attached hydrogens (primary N) is 1. The van der Waals surface area contributed by atoms with Gasteiger partial charge in [0.1, 0.15) is 0 Å². The summed E-state index contributed by atoms with van der Waals surface area (Å²) in [5, 5.41) is 4.21. The first-order valence-electron chi connectivity index (χ1n) is 6.37. The van der Waals surface area contributed by atoms with Crippen molar-refractivity contribution in [2.45, 2.75) is 17.9 Å². The molecule has 0 radical (unpaired) electrons. The van der Waals surface area contributed by atoms with Gasteiger partial charge in [-0.15, -0.1) is 11.8 Å². The van der Waals surface area contributed by atoms with Crippen LogP contribution in [0.15, 0.2) is 35.4 Å². The molecule has 0 aliphatic rings. The standard InChI is InChI=1S/C14H20N4OS/c1-10-4-6-11(7-5-10)20-9-12(17-15)14-13(19-3)8-16-18(14)2/h4-8,12,17H,9,15H2,1-3H3. The number of rotatable bonds is 6. The van der Waals surface area contributed by atoms with E-state index in [2.05, 4.69) is 41.7 Å². The first-order chi connectivity index (χ1) is 9.65. The van der Waals surface area contributed by atoms with E-state index in [0.29, 0.717) is 0 Å². The van der Waals surface area contributed by atoms with Gasteiger partial charge in [-0.05, 0) is 19.1 Å². The lowest BCUT2D eigenvalue weighted by Crippen LogP contribution is -2.31. The van der Waals surface area contributed by atoms with E-state index in [1.165, 1.54) is 10.5 Å². The zero-order chi connectivity index (χ0) is 14.5. The third-order valence-electron chi connectivity index (χ3n) is 3.14. The lowest BCUT2D eigenvalue weighted by molar-refractivity contribution is 0.399. The van der Waals surface area contributed by atoms with E-state index in [1.807, 2.05) is 7.05 Å². The first-order valence-corrected chi connectivity index (χ1v) is 7.35. The van der Waals surface area contributed by atoms with Crippen LogP contribution in [0.1, 0.15) is 17.3 Å². The van der Waals surface area contributed by atoms with Crippen LogP contribution in [0.3, 0.4) is 0 Å². The molecular formula is C14H20N4OS. The molecule has 3 N–H and O–H groups in total. The Bertz CT molecular complexity index is 553. The Hall–Kier alpha value is -1.50. The van der Waals surface area contributed by atoms with Crippen LogP contribution in [0, 0.1) is 6.92 Å². The SMILES string of the molecule is COc1cnn(C)c1C(CSc1ccc(C)cc1)NN. The third kappa shape index (κ3) is 3.33. The van der Waals surface area contributed by atoms with E-state index < -0.39 is 0 Å². The van der Waals surface area contributed by atoms with Crippen LogP contribution >= 0.6 is 11.8 Å². The van der Waals surface area contributed by atoms with Gasteiger partial charge in [0.25, 0.3) is 0 Å². The molecule has 1 aromatic carbocycles. The molecule has 1 aromatic heterocycles. The molecule has 1 atom stereocenters. The van der Waals surface area contributed by atoms with Crippen LogP contribution in [-0.4, -0.2) is 22.6 Å². The van der Waals surface area contributed by atoms with Crippen LogP contribution in [0.2, 0.25) is 0 Å². The largest absolute Gasteiger partial charge is 0.493 e. The fourth-order valence-electron chi connectivity index (χ4n) is 2.00. The highest BCUT2D eigenvalue weighted by Gasteiger charge is 2.19. The quantitative estimate of drug-likeness (QED) is 0.484. The van der Waals surface area contributed by atoms with Gasteiger partial charge in [0.2, 0.25) is 0 Å². The molecule has 2 aromatic rings. The van der Waals surface area contributed by atoms with E-state index in [4.69, 9.17) is 10.6 Å². The Morgan fingerprint density at radius 3 is 2.70 bits per heavy atom. The Morgan fingerprint density at radius 1 is 1.40 bits per heavy atom. The van der Waals surface area contributed by atoms with Crippen molar-refractivity contribution < 1.29 is 4.74 Å². The zero-order valence-corrected chi connectivity index (χ0v) is 12.8. The Labute approximate surface area is 123 Å². The molecule has 0 aliphatic carbocycles. The highest BCUT2D eigenvalue weighted by atomic mass is 32.2. The van der Waals surface area contributed by atoms with Crippen molar-refractivity contribution in [3.8, 4) is 5.75 Å². The van der Waals surface area contributed by atoms with Crippen molar-refractivity contribution in [2.75, 3.05) is 12.9 Å². The Morgan fingerprint density at radius 2 is 2.10 bits per heavy atom. The molecule has 6 heteroatoms. The highest BCUT2D eigenvalue weighted by molar-refractivity contribution is 7.99. The predicted molar refractivity (Wildman–Crippen MR) is 81.7 cm³/mol. The van der Waals surface area contributed by atoms with Gasteiger partial charge in [-0.3, -0.25) is 16.0 Å². The van der Waals surface area contributed by atoms with Crippen LogP contribution in [0.5, 0.6) is 5.75 Å². The average Bonchev–Trinajstić information content (AvgIpc) is 2.83. The van der Waals surface area contributed by atoms with Crippen LogP contribution in [0.25, 0.3) is 0 Å². The summed E-state index contributed by atoms with van der Waals surface area (Å²) in [4.78, 5) is 1.22. The van der Waals surface area contributed by atoms with E-state index >= 15 is 0 Å². The maximum Gasteiger partial charge on any atom is 0.161 e. The molecule has 0 spiro atoms. The minimum Gasteiger partial charge on any atom is -0.493 e. The fraction of sp³-hybridized carbons (Fsp3) is 0.357. The number of hydrazine groups is 1. The summed E-state index contributed by atoms with van der Waals surface area (Å²) in [7, 11) is 3.53. The number of nitrogens with one attached hydrogen (secondary N) is 1. The molecule has 2 rings (SSSR count). The van der Waals surface area contributed by atoms with Crippen molar-refractivity contribution in [3.63, 3.8) is 0 Å². The molecule has 0 amide bonds. The number of ether oxygens (including phenoxy) is 1.